The summed E-state index contributed by atoms with van der Waals surface area (Å²) in [5, 5.41) is 11.8. The van der Waals surface area contributed by atoms with E-state index in [-0.39, 0.29) is 11.1 Å². The van der Waals surface area contributed by atoms with E-state index in [0.29, 0.717) is 5.52 Å². The Morgan fingerprint density at radius 2 is 2.13 bits per heavy atom. The highest BCUT2D eigenvalue weighted by atomic mass is 16.3. The largest absolute Gasteiger partial charge is 0.316 e. The van der Waals surface area contributed by atoms with E-state index in [1.54, 1.807) is 0 Å². The van der Waals surface area contributed by atoms with E-state index >= 15 is 0 Å². The molecule has 1 aromatic carbocycles. The highest BCUT2D eigenvalue weighted by molar-refractivity contribution is 5.97. The smallest absolute Gasteiger partial charge is 0.263 e. The third kappa shape index (κ3) is 1.37. The summed E-state index contributed by atoms with van der Waals surface area (Å²) in [5.74, 6) is -0.921. The summed E-state index contributed by atoms with van der Waals surface area (Å²) in [6.07, 6.45) is 0. The van der Waals surface area contributed by atoms with Crippen LogP contribution in [0.25, 0.3) is 11.0 Å². The predicted octanol–water partition coefficient (Wildman–Crippen LogP) is 0.867. The second-order valence-electron chi connectivity index (χ2n) is 2.66. The molecule has 2 aromatic rings. The third-order valence-electron chi connectivity index (χ3n) is 1.84. The highest BCUT2D eigenvalue weighted by Gasteiger charge is 2.10. The van der Waals surface area contributed by atoms with Crippen molar-refractivity contribution in [1.29, 1.82) is 0 Å². The lowest BCUT2D eigenvalue weighted by Crippen LogP contribution is -1.94. The molecule has 0 radical (unpaired) electrons. The van der Waals surface area contributed by atoms with Crippen molar-refractivity contribution >= 4 is 16.9 Å². The van der Waals surface area contributed by atoms with E-state index in [4.69, 9.17) is 0 Å². The van der Waals surface area contributed by atoms with Crippen molar-refractivity contribution in [2.24, 2.45) is 10.5 Å². The lowest BCUT2D eigenvalue weighted by atomic mass is 10.2. The summed E-state index contributed by atoms with van der Waals surface area (Å²) in [5.41, 5.74) is 0.709. The van der Waals surface area contributed by atoms with Crippen LogP contribution < -0.4 is 0 Å². The van der Waals surface area contributed by atoms with E-state index in [1.807, 2.05) is 0 Å². The van der Waals surface area contributed by atoms with Crippen LogP contribution in [0, 0.1) is 9.81 Å². The lowest BCUT2D eigenvalue weighted by Gasteiger charge is -1.92. The molecule has 0 atom stereocenters. The Balaban J connectivity index is 2.67. The van der Waals surface area contributed by atoms with E-state index in [1.165, 1.54) is 18.2 Å². The SMILES string of the molecule is O=NC(=O)c1ccc2nnn(N=O)c2c1. The molecule has 0 aliphatic carbocycles. The molecule has 0 aliphatic heterocycles. The number of carbonyl (C=O) groups excluding carboxylic acids is 1. The van der Waals surface area contributed by atoms with Crippen molar-refractivity contribution < 1.29 is 4.79 Å². The van der Waals surface area contributed by atoms with Crippen molar-refractivity contribution in [3.63, 3.8) is 0 Å². The zero-order valence-electron chi connectivity index (χ0n) is 7.19. The van der Waals surface area contributed by atoms with Gasteiger partial charge in [0.25, 0.3) is 0 Å². The summed E-state index contributed by atoms with van der Waals surface area (Å²) < 4.78 is 0. The van der Waals surface area contributed by atoms with E-state index < -0.39 is 5.91 Å². The maximum Gasteiger partial charge on any atom is 0.316 e. The number of aromatic nitrogens is 3. The first-order valence-electron chi connectivity index (χ1n) is 3.83. The molecule has 8 heteroatoms. The number of nitroso groups, excluding NO2 is 2. The Morgan fingerprint density at radius 1 is 1.33 bits per heavy atom. The van der Waals surface area contributed by atoms with Crippen LogP contribution in [0.3, 0.4) is 0 Å². The van der Waals surface area contributed by atoms with E-state index in [0.717, 1.165) is 4.79 Å². The molecule has 1 heterocycles. The average molecular weight is 205 g/mol. The quantitative estimate of drug-likeness (QED) is 0.676. The summed E-state index contributed by atoms with van der Waals surface area (Å²) in [4.78, 5) is 31.9. The van der Waals surface area contributed by atoms with Crippen LogP contribution in [-0.2, 0) is 0 Å². The van der Waals surface area contributed by atoms with E-state index in [2.05, 4.69) is 20.8 Å². The Hall–Kier alpha value is -2.51. The predicted molar refractivity (Wildman–Crippen MR) is 48.8 cm³/mol. The standard InChI is InChI=1S/C7H3N5O3/c13-7(9-14)4-1-2-5-6(3-4)12(11-15)10-8-5/h1-3H. The number of amides is 1. The van der Waals surface area contributed by atoms with Crippen LogP contribution in [0.4, 0.5) is 0 Å². The minimum Gasteiger partial charge on any atom is -0.263 e. The number of fused-ring (bicyclic) bond motifs is 1. The Kier molecular flexibility index (Phi) is 2.01. The molecule has 1 amide bonds. The topological polar surface area (TPSA) is 107 Å². The molecule has 0 N–H and O–H groups in total. The first-order chi connectivity index (χ1) is 7.26. The number of hydrogen-bond donors (Lipinski definition) is 0. The van der Waals surface area contributed by atoms with Gasteiger partial charge in [0.05, 0.1) is 5.29 Å². The number of carbonyl (C=O) groups is 1. The van der Waals surface area contributed by atoms with Crippen molar-refractivity contribution in [2.75, 3.05) is 0 Å². The third-order valence-corrected chi connectivity index (χ3v) is 1.84. The highest BCUT2D eigenvalue weighted by Crippen LogP contribution is 2.14. The van der Waals surface area contributed by atoms with Gasteiger partial charge in [-0.1, -0.05) is 4.79 Å². The molecule has 0 spiro atoms. The molecule has 2 rings (SSSR count). The summed E-state index contributed by atoms with van der Waals surface area (Å²) in [6.45, 7) is 0. The number of nitrogens with zero attached hydrogens (tertiary/aromatic N) is 5. The molecule has 15 heavy (non-hydrogen) atoms. The minimum atomic E-state index is -0.921. The molecule has 0 unspecified atom stereocenters. The maximum absolute atomic E-state index is 10.9. The Labute approximate surface area is 81.8 Å². The van der Waals surface area contributed by atoms with Gasteiger partial charge in [-0.2, -0.15) is 0 Å². The molecule has 8 nitrogen and oxygen atoms in total. The number of hydrogen-bond acceptors (Lipinski definition) is 6. The van der Waals surface area contributed by atoms with E-state index in [9.17, 15) is 14.6 Å². The van der Waals surface area contributed by atoms with Crippen molar-refractivity contribution in [3.05, 3.63) is 33.6 Å². The second-order valence-corrected chi connectivity index (χ2v) is 2.66. The van der Waals surface area contributed by atoms with Crippen molar-refractivity contribution in [2.45, 2.75) is 0 Å². The lowest BCUT2D eigenvalue weighted by molar-refractivity contribution is 0.100. The fourth-order valence-corrected chi connectivity index (χ4v) is 1.15. The van der Waals surface area contributed by atoms with Crippen LogP contribution in [0.1, 0.15) is 10.4 Å². The normalized spacial score (nSPS) is 10.1. The van der Waals surface area contributed by atoms with Gasteiger partial charge in [-0.25, -0.2) is 0 Å². The van der Waals surface area contributed by atoms with Gasteiger partial charge >= 0.3 is 5.91 Å². The van der Waals surface area contributed by atoms with Gasteiger partial charge in [0.2, 0.25) is 0 Å². The molecule has 0 saturated carbocycles. The summed E-state index contributed by atoms with van der Waals surface area (Å²) >= 11 is 0. The molecule has 0 saturated heterocycles. The fourth-order valence-electron chi connectivity index (χ4n) is 1.15. The Morgan fingerprint density at radius 3 is 2.80 bits per heavy atom. The number of rotatable bonds is 2. The van der Waals surface area contributed by atoms with Crippen LogP contribution in [-0.4, -0.2) is 21.0 Å². The molecular formula is C7H3N5O3. The van der Waals surface area contributed by atoms with Crippen LogP contribution >= 0.6 is 0 Å². The fraction of sp³-hybridized carbons (Fsp3) is 0. The van der Waals surface area contributed by atoms with Gasteiger partial charge in [0.15, 0.2) is 0 Å². The molecule has 74 valence electrons. The van der Waals surface area contributed by atoms with Gasteiger partial charge < -0.3 is 0 Å². The molecule has 0 aliphatic rings. The van der Waals surface area contributed by atoms with Crippen LogP contribution in [0.5, 0.6) is 0 Å². The zero-order valence-corrected chi connectivity index (χ0v) is 7.19. The molecule has 0 fully saturated rings. The average Bonchev–Trinajstić information content (AvgIpc) is 2.69. The van der Waals surface area contributed by atoms with Crippen molar-refractivity contribution in [1.82, 2.24) is 15.1 Å². The summed E-state index contributed by atoms with van der Waals surface area (Å²) in [6, 6.07) is 4.10. The second kappa shape index (κ2) is 3.33. The van der Waals surface area contributed by atoms with Gasteiger partial charge in [0.1, 0.15) is 11.0 Å². The first-order valence-corrected chi connectivity index (χ1v) is 3.83. The minimum absolute atomic E-state index is 0.0599. The Bertz CT molecular complexity index is 561. The molecule has 0 bridgehead atoms. The molecule has 1 aromatic heterocycles. The van der Waals surface area contributed by atoms with Crippen LogP contribution in [0.2, 0.25) is 0 Å². The molecular weight excluding hydrogens is 202 g/mol. The number of benzene rings is 1. The maximum atomic E-state index is 10.9. The zero-order chi connectivity index (χ0) is 10.8. The van der Waals surface area contributed by atoms with Gasteiger partial charge in [-0.05, 0) is 23.4 Å². The summed E-state index contributed by atoms with van der Waals surface area (Å²) in [7, 11) is 0. The van der Waals surface area contributed by atoms with Crippen molar-refractivity contribution in [3.8, 4) is 0 Å². The first kappa shape index (κ1) is 9.06. The van der Waals surface area contributed by atoms with Gasteiger partial charge in [0, 0.05) is 10.7 Å². The van der Waals surface area contributed by atoms with Gasteiger partial charge in [-0.15, -0.1) is 14.9 Å². The van der Waals surface area contributed by atoms with Gasteiger partial charge in [-0.3, -0.25) is 4.79 Å². The monoisotopic (exact) mass is 205 g/mol. The van der Waals surface area contributed by atoms with Crippen LogP contribution in [0.15, 0.2) is 28.7 Å².